The summed E-state index contributed by atoms with van der Waals surface area (Å²) in [7, 11) is 1.63. The van der Waals surface area contributed by atoms with Gasteiger partial charge in [0.1, 0.15) is 12.5 Å². The van der Waals surface area contributed by atoms with Gasteiger partial charge < -0.3 is 15.2 Å². The van der Waals surface area contributed by atoms with Gasteiger partial charge in [-0.3, -0.25) is 0 Å². The van der Waals surface area contributed by atoms with E-state index in [9.17, 15) is 0 Å². The van der Waals surface area contributed by atoms with Gasteiger partial charge in [-0.25, -0.2) is 0 Å². The normalized spacial score (nSPS) is 10.4. The molecule has 3 nitrogen and oxygen atoms in total. The summed E-state index contributed by atoms with van der Waals surface area (Å²) in [5, 5.41) is 11.6. The van der Waals surface area contributed by atoms with E-state index in [0.717, 1.165) is 11.4 Å². The Hall–Kier alpha value is -1.22. The lowest BCUT2D eigenvalue weighted by molar-refractivity contribution is 0.324. The molecule has 0 aliphatic rings. The maximum atomic E-state index is 8.75. The summed E-state index contributed by atoms with van der Waals surface area (Å²) in [6.45, 7) is 4.18. The van der Waals surface area contributed by atoms with Gasteiger partial charge in [0, 0.05) is 0 Å². The monoisotopic (exact) mass is 195 g/mol. The number of methoxy groups -OCH3 is 1. The molecular formula is C11H17NO2. The predicted octanol–water partition coefficient (Wildman–Crippen LogP) is 2.18. The van der Waals surface area contributed by atoms with Crippen LogP contribution in [0.15, 0.2) is 18.2 Å². The zero-order chi connectivity index (χ0) is 10.6. The Kier molecular flexibility index (Phi) is 3.77. The van der Waals surface area contributed by atoms with Crippen LogP contribution in [-0.2, 0) is 0 Å². The molecule has 0 radical (unpaired) electrons. The zero-order valence-electron chi connectivity index (χ0n) is 8.87. The van der Waals surface area contributed by atoms with Gasteiger partial charge in [0.2, 0.25) is 0 Å². The van der Waals surface area contributed by atoms with E-state index in [1.54, 1.807) is 7.11 Å². The first kappa shape index (κ1) is 10.9. The van der Waals surface area contributed by atoms with Crippen molar-refractivity contribution in [1.82, 2.24) is 0 Å². The molecule has 0 heterocycles. The van der Waals surface area contributed by atoms with Gasteiger partial charge in [0.05, 0.1) is 12.8 Å². The highest BCUT2D eigenvalue weighted by molar-refractivity contribution is 5.57. The third-order valence-electron chi connectivity index (χ3n) is 2.16. The van der Waals surface area contributed by atoms with Gasteiger partial charge in [-0.05, 0) is 23.6 Å². The second-order valence-corrected chi connectivity index (χ2v) is 3.45. The Bertz CT molecular complexity index is 297. The van der Waals surface area contributed by atoms with Crippen LogP contribution in [0.3, 0.4) is 0 Å². The lowest BCUT2D eigenvalue weighted by Gasteiger charge is -2.12. The van der Waals surface area contributed by atoms with E-state index in [1.807, 2.05) is 18.2 Å². The molecule has 0 spiro atoms. The fourth-order valence-corrected chi connectivity index (χ4v) is 1.30. The molecule has 1 aromatic carbocycles. The number of aliphatic hydroxyl groups excluding tert-OH is 1. The molecule has 0 unspecified atom stereocenters. The lowest BCUT2D eigenvalue weighted by Crippen LogP contribution is -2.02. The first-order chi connectivity index (χ1) is 6.69. The zero-order valence-corrected chi connectivity index (χ0v) is 8.87. The molecule has 0 aromatic heterocycles. The maximum absolute atomic E-state index is 8.75. The summed E-state index contributed by atoms with van der Waals surface area (Å²) in [6, 6.07) is 5.94. The quantitative estimate of drug-likeness (QED) is 0.723. The van der Waals surface area contributed by atoms with Gasteiger partial charge in [0.25, 0.3) is 0 Å². The summed E-state index contributed by atoms with van der Waals surface area (Å²) < 4.78 is 5.22. The molecule has 0 amide bonds. The number of ether oxygens (including phenoxy) is 1. The number of anilines is 1. The minimum absolute atomic E-state index is 0.0859. The highest BCUT2D eigenvalue weighted by Gasteiger charge is 2.05. The van der Waals surface area contributed by atoms with Crippen molar-refractivity contribution < 1.29 is 9.84 Å². The standard InChI is InChI=1S/C11H17NO2/c1-8(2)9-4-5-10(12-7-13)11(6-9)14-3/h4-6,8,12-13H,7H2,1-3H3. The van der Waals surface area contributed by atoms with Crippen LogP contribution >= 0.6 is 0 Å². The number of rotatable bonds is 4. The van der Waals surface area contributed by atoms with E-state index in [4.69, 9.17) is 9.84 Å². The number of hydrogen-bond donors (Lipinski definition) is 2. The molecule has 78 valence electrons. The minimum Gasteiger partial charge on any atom is -0.495 e. The highest BCUT2D eigenvalue weighted by Crippen LogP contribution is 2.28. The average Bonchev–Trinajstić information content (AvgIpc) is 2.18. The van der Waals surface area contributed by atoms with Crippen molar-refractivity contribution in [2.24, 2.45) is 0 Å². The van der Waals surface area contributed by atoms with Crippen molar-refractivity contribution >= 4 is 5.69 Å². The molecule has 1 rings (SSSR count). The van der Waals surface area contributed by atoms with E-state index in [0.29, 0.717) is 5.92 Å². The summed E-state index contributed by atoms with van der Waals surface area (Å²) in [5.74, 6) is 1.25. The Morgan fingerprint density at radius 1 is 1.43 bits per heavy atom. The van der Waals surface area contributed by atoms with E-state index >= 15 is 0 Å². The number of nitrogens with one attached hydrogen (secondary N) is 1. The second-order valence-electron chi connectivity index (χ2n) is 3.45. The van der Waals surface area contributed by atoms with Crippen LogP contribution in [0.25, 0.3) is 0 Å². The van der Waals surface area contributed by atoms with Crippen molar-refractivity contribution in [2.45, 2.75) is 19.8 Å². The largest absolute Gasteiger partial charge is 0.495 e. The smallest absolute Gasteiger partial charge is 0.142 e. The van der Waals surface area contributed by atoms with Crippen LogP contribution in [0, 0.1) is 0 Å². The Morgan fingerprint density at radius 3 is 2.64 bits per heavy atom. The molecule has 0 fully saturated rings. The molecule has 2 N–H and O–H groups in total. The van der Waals surface area contributed by atoms with Crippen LogP contribution in [0.5, 0.6) is 5.75 Å². The molecule has 3 heteroatoms. The Morgan fingerprint density at radius 2 is 2.14 bits per heavy atom. The molecule has 0 aliphatic heterocycles. The van der Waals surface area contributed by atoms with Crippen LogP contribution in [0.4, 0.5) is 5.69 Å². The fraction of sp³-hybridized carbons (Fsp3) is 0.455. The van der Waals surface area contributed by atoms with Crippen LogP contribution in [0.1, 0.15) is 25.3 Å². The van der Waals surface area contributed by atoms with Crippen LogP contribution in [0.2, 0.25) is 0 Å². The molecule has 0 atom stereocenters. The molecule has 0 aliphatic carbocycles. The summed E-state index contributed by atoms with van der Waals surface area (Å²) >= 11 is 0. The van der Waals surface area contributed by atoms with Crippen molar-refractivity contribution in [3.05, 3.63) is 23.8 Å². The van der Waals surface area contributed by atoms with E-state index in [1.165, 1.54) is 5.56 Å². The third kappa shape index (κ3) is 2.39. The summed E-state index contributed by atoms with van der Waals surface area (Å²) in [4.78, 5) is 0. The summed E-state index contributed by atoms with van der Waals surface area (Å²) in [5.41, 5.74) is 2.05. The predicted molar refractivity (Wildman–Crippen MR) is 57.8 cm³/mol. The van der Waals surface area contributed by atoms with Crippen LogP contribution < -0.4 is 10.1 Å². The number of hydrogen-bond acceptors (Lipinski definition) is 3. The third-order valence-corrected chi connectivity index (χ3v) is 2.16. The summed E-state index contributed by atoms with van der Waals surface area (Å²) in [6.07, 6.45) is 0. The Labute approximate surface area is 84.7 Å². The first-order valence-electron chi connectivity index (χ1n) is 4.71. The first-order valence-corrected chi connectivity index (χ1v) is 4.71. The van der Waals surface area contributed by atoms with Gasteiger partial charge in [-0.1, -0.05) is 19.9 Å². The molecule has 0 bridgehead atoms. The average molecular weight is 195 g/mol. The Balaban J connectivity index is 2.98. The van der Waals surface area contributed by atoms with Crippen molar-refractivity contribution in [2.75, 3.05) is 19.2 Å². The van der Waals surface area contributed by atoms with Crippen LogP contribution in [-0.4, -0.2) is 18.9 Å². The van der Waals surface area contributed by atoms with Gasteiger partial charge >= 0.3 is 0 Å². The molecular weight excluding hydrogens is 178 g/mol. The molecule has 14 heavy (non-hydrogen) atoms. The van der Waals surface area contributed by atoms with Gasteiger partial charge in [0.15, 0.2) is 0 Å². The van der Waals surface area contributed by atoms with E-state index < -0.39 is 0 Å². The van der Waals surface area contributed by atoms with E-state index in [2.05, 4.69) is 19.2 Å². The number of aliphatic hydroxyl groups is 1. The topological polar surface area (TPSA) is 41.5 Å². The van der Waals surface area contributed by atoms with Gasteiger partial charge in [-0.2, -0.15) is 0 Å². The van der Waals surface area contributed by atoms with Crippen molar-refractivity contribution in [3.8, 4) is 5.75 Å². The number of benzene rings is 1. The lowest BCUT2D eigenvalue weighted by atomic mass is 10.0. The fourth-order valence-electron chi connectivity index (χ4n) is 1.30. The van der Waals surface area contributed by atoms with E-state index in [-0.39, 0.29) is 6.73 Å². The van der Waals surface area contributed by atoms with Gasteiger partial charge in [-0.15, -0.1) is 0 Å². The molecule has 0 saturated heterocycles. The maximum Gasteiger partial charge on any atom is 0.142 e. The molecule has 1 aromatic rings. The second kappa shape index (κ2) is 4.86. The van der Waals surface area contributed by atoms with Crippen molar-refractivity contribution in [3.63, 3.8) is 0 Å². The SMILES string of the molecule is COc1cc(C(C)C)ccc1NCO. The molecule has 0 saturated carbocycles. The van der Waals surface area contributed by atoms with Crippen molar-refractivity contribution in [1.29, 1.82) is 0 Å². The highest BCUT2D eigenvalue weighted by atomic mass is 16.5. The minimum atomic E-state index is -0.0859.